The van der Waals surface area contributed by atoms with Gasteiger partial charge >= 0.3 is 0 Å². The first-order valence-electron chi connectivity index (χ1n) is 4.63. The Kier molecular flexibility index (Phi) is 2.76. The molecule has 2 N–H and O–H groups in total. The normalized spacial score (nSPS) is 14.5. The first kappa shape index (κ1) is 10.3. The van der Waals surface area contributed by atoms with Gasteiger partial charge in [0.2, 0.25) is 0 Å². The van der Waals surface area contributed by atoms with Crippen molar-refractivity contribution in [2.45, 2.75) is 33.2 Å². The fourth-order valence-corrected chi connectivity index (χ4v) is 1.10. The van der Waals surface area contributed by atoms with Gasteiger partial charge in [-0.05, 0) is 5.41 Å². The number of hydrogen-bond acceptors (Lipinski definition) is 2. The number of nitrogens with zero attached hydrogens (tertiary/aromatic N) is 2. The van der Waals surface area contributed by atoms with E-state index in [0.29, 0.717) is 0 Å². The van der Waals surface area contributed by atoms with Crippen LogP contribution in [0.15, 0.2) is 12.4 Å². The number of aryl methyl sites for hydroxylation is 1. The minimum absolute atomic E-state index is 0.145. The molecule has 0 saturated carbocycles. The van der Waals surface area contributed by atoms with Crippen LogP contribution in [0.25, 0.3) is 0 Å². The largest absolute Gasteiger partial charge is 0.338 e. The molecule has 0 spiro atoms. The average molecular weight is 181 g/mol. The van der Waals surface area contributed by atoms with Crippen LogP contribution in [0.1, 0.15) is 26.6 Å². The highest BCUT2D eigenvalue weighted by Crippen LogP contribution is 2.19. The van der Waals surface area contributed by atoms with E-state index in [0.717, 1.165) is 12.2 Å². The molecular formula is C10H19N3. The number of nitrogens with two attached hydrogens (primary N) is 1. The maximum absolute atomic E-state index is 6.06. The summed E-state index contributed by atoms with van der Waals surface area (Å²) in [5, 5.41) is 0. The summed E-state index contributed by atoms with van der Waals surface area (Å²) in [6.45, 7) is 6.46. The summed E-state index contributed by atoms with van der Waals surface area (Å²) >= 11 is 0. The fraction of sp³-hybridized carbons (Fsp3) is 0.700. The van der Waals surface area contributed by atoms with Crippen LogP contribution >= 0.6 is 0 Å². The van der Waals surface area contributed by atoms with Crippen LogP contribution in [0.3, 0.4) is 0 Å². The van der Waals surface area contributed by atoms with Gasteiger partial charge in [-0.1, -0.05) is 20.8 Å². The standard InChI is InChI=1S/C10H19N3/c1-10(2,3)8(11)7-9-12-5-6-13(9)4/h5-6,8H,7,11H2,1-4H3. The molecule has 0 radical (unpaired) electrons. The number of hydrogen-bond donors (Lipinski definition) is 1. The topological polar surface area (TPSA) is 43.8 Å². The van der Waals surface area contributed by atoms with E-state index in [2.05, 4.69) is 25.8 Å². The van der Waals surface area contributed by atoms with Gasteiger partial charge in [-0.3, -0.25) is 0 Å². The molecule has 1 heterocycles. The van der Waals surface area contributed by atoms with E-state index in [-0.39, 0.29) is 11.5 Å². The van der Waals surface area contributed by atoms with Crippen LogP contribution in [0.2, 0.25) is 0 Å². The van der Waals surface area contributed by atoms with Crippen molar-refractivity contribution in [1.82, 2.24) is 9.55 Å². The van der Waals surface area contributed by atoms with Crippen LogP contribution in [0.5, 0.6) is 0 Å². The summed E-state index contributed by atoms with van der Waals surface area (Å²) in [5.74, 6) is 1.06. The molecule has 1 atom stereocenters. The first-order chi connectivity index (χ1) is 5.91. The van der Waals surface area contributed by atoms with Crippen LogP contribution in [0.4, 0.5) is 0 Å². The third-order valence-electron chi connectivity index (χ3n) is 2.44. The van der Waals surface area contributed by atoms with Gasteiger partial charge in [-0.25, -0.2) is 4.98 Å². The van der Waals surface area contributed by atoms with Crippen LogP contribution in [-0.4, -0.2) is 15.6 Å². The Balaban J connectivity index is 2.65. The van der Waals surface area contributed by atoms with Crippen LogP contribution in [0, 0.1) is 5.41 Å². The maximum atomic E-state index is 6.06. The SMILES string of the molecule is Cn1ccnc1CC(N)C(C)(C)C. The van der Waals surface area contributed by atoms with Gasteiger partial charge in [0.1, 0.15) is 5.82 Å². The number of imidazole rings is 1. The van der Waals surface area contributed by atoms with Gasteiger partial charge in [0.05, 0.1) is 0 Å². The molecule has 0 bridgehead atoms. The van der Waals surface area contributed by atoms with Crippen molar-refractivity contribution in [3.63, 3.8) is 0 Å². The molecule has 0 aliphatic carbocycles. The third-order valence-corrected chi connectivity index (χ3v) is 2.44. The van der Waals surface area contributed by atoms with E-state index in [4.69, 9.17) is 5.73 Å². The van der Waals surface area contributed by atoms with Crippen molar-refractivity contribution in [3.8, 4) is 0 Å². The Morgan fingerprint density at radius 2 is 2.15 bits per heavy atom. The lowest BCUT2D eigenvalue weighted by atomic mass is 9.85. The number of rotatable bonds is 2. The van der Waals surface area contributed by atoms with Gasteiger partial charge in [-0.15, -0.1) is 0 Å². The second-order valence-electron chi connectivity index (χ2n) is 4.63. The molecule has 0 aliphatic rings. The van der Waals surface area contributed by atoms with E-state index in [1.54, 1.807) is 0 Å². The van der Waals surface area contributed by atoms with Gasteiger partial charge in [0, 0.05) is 31.9 Å². The lowest BCUT2D eigenvalue weighted by Crippen LogP contribution is -2.37. The monoisotopic (exact) mass is 181 g/mol. The predicted molar refractivity (Wildman–Crippen MR) is 54.3 cm³/mol. The van der Waals surface area contributed by atoms with Crippen molar-refractivity contribution < 1.29 is 0 Å². The summed E-state index contributed by atoms with van der Waals surface area (Å²) in [6, 6.07) is 0.161. The van der Waals surface area contributed by atoms with Crippen molar-refractivity contribution in [2.75, 3.05) is 0 Å². The Morgan fingerprint density at radius 3 is 2.54 bits per heavy atom. The fourth-order valence-electron chi connectivity index (χ4n) is 1.10. The van der Waals surface area contributed by atoms with Crippen molar-refractivity contribution in [3.05, 3.63) is 18.2 Å². The van der Waals surface area contributed by atoms with Crippen molar-refractivity contribution >= 4 is 0 Å². The molecule has 1 unspecified atom stereocenters. The van der Waals surface area contributed by atoms with E-state index >= 15 is 0 Å². The highest BCUT2D eigenvalue weighted by atomic mass is 15.0. The molecule has 3 heteroatoms. The highest BCUT2D eigenvalue weighted by molar-refractivity contribution is 4.96. The molecule has 1 aromatic rings. The minimum atomic E-state index is 0.145. The molecule has 0 aliphatic heterocycles. The van der Waals surface area contributed by atoms with E-state index in [1.807, 2.05) is 24.0 Å². The lowest BCUT2D eigenvalue weighted by molar-refractivity contribution is 0.313. The van der Waals surface area contributed by atoms with E-state index in [9.17, 15) is 0 Å². The number of aromatic nitrogens is 2. The van der Waals surface area contributed by atoms with E-state index < -0.39 is 0 Å². The van der Waals surface area contributed by atoms with Crippen LogP contribution in [-0.2, 0) is 13.5 Å². The molecule has 0 fully saturated rings. The quantitative estimate of drug-likeness (QED) is 0.748. The minimum Gasteiger partial charge on any atom is -0.338 e. The zero-order valence-corrected chi connectivity index (χ0v) is 8.91. The Hall–Kier alpha value is -0.830. The average Bonchev–Trinajstić information content (AvgIpc) is 2.34. The Bertz CT molecular complexity index is 270. The van der Waals surface area contributed by atoms with Crippen molar-refractivity contribution in [1.29, 1.82) is 0 Å². The summed E-state index contributed by atoms with van der Waals surface area (Å²) in [4.78, 5) is 4.25. The predicted octanol–water partition coefficient (Wildman–Crippen LogP) is 1.34. The molecule has 0 saturated heterocycles. The maximum Gasteiger partial charge on any atom is 0.109 e. The summed E-state index contributed by atoms with van der Waals surface area (Å²) in [7, 11) is 2.00. The molecule has 74 valence electrons. The van der Waals surface area contributed by atoms with E-state index in [1.165, 1.54) is 0 Å². The molecule has 1 aromatic heterocycles. The molecule has 3 nitrogen and oxygen atoms in total. The molecule has 0 aromatic carbocycles. The zero-order chi connectivity index (χ0) is 10.1. The van der Waals surface area contributed by atoms with Gasteiger partial charge < -0.3 is 10.3 Å². The smallest absolute Gasteiger partial charge is 0.109 e. The van der Waals surface area contributed by atoms with Crippen molar-refractivity contribution in [2.24, 2.45) is 18.2 Å². The summed E-state index contributed by atoms with van der Waals surface area (Å²) in [5.41, 5.74) is 6.20. The van der Waals surface area contributed by atoms with Crippen LogP contribution < -0.4 is 5.73 Å². The molecule has 1 rings (SSSR count). The van der Waals surface area contributed by atoms with Gasteiger partial charge in [-0.2, -0.15) is 0 Å². The molecular weight excluding hydrogens is 162 g/mol. The zero-order valence-electron chi connectivity index (χ0n) is 8.91. The lowest BCUT2D eigenvalue weighted by Gasteiger charge is -2.26. The van der Waals surface area contributed by atoms with Gasteiger partial charge in [0.25, 0.3) is 0 Å². The van der Waals surface area contributed by atoms with Gasteiger partial charge in [0.15, 0.2) is 0 Å². The summed E-state index contributed by atoms with van der Waals surface area (Å²) < 4.78 is 2.02. The Labute approximate surface area is 80.0 Å². The summed E-state index contributed by atoms with van der Waals surface area (Å²) in [6.07, 6.45) is 4.60. The third kappa shape index (κ3) is 2.56. The highest BCUT2D eigenvalue weighted by Gasteiger charge is 2.21. The second kappa shape index (κ2) is 3.50. The molecule has 13 heavy (non-hydrogen) atoms. The first-order valence-corrected chi connectivity index (χ1v) is 4.63. The Morgan fingerprint density at radius 1 is 1.54 bits per heavy atom. The second-order valence-corrected chi connectivity index (χ2v) is 4.63. The molecule has 0 amide bonds.